The number of nitrogens with zero attached hydrogens (tertiary/aromatic N) is 4. The summed E-state index contributed by atoms with van der Waals surface area (Å²) in [5.41, 5.74) is 5.11. The molecular weight excluding hydrogens is 608 g/mol. The third-order valence-corrected chi connectivity index (χ3v) is 8.96. The quantitative estimate of drug-likeness (QED) is 0.201. The highest BCUT2D eigenvalue weighted by Crippen LogP contribution is 2.33. The van der Waals surface area contributed by atoms with E-state index in [9.17, 15) is 14.4 Å². The predicted octanol–water partition coefficient (Wildman–Crippen LogP) is 4.84. The summed E-state index contributed by atoms with van der Waals surface area (Å²) in [5, 5.41) is 8.98. The second-order valence-electron chi connectivity index (χ2n) is 12.5. The van der Waals surface area contributed by atoms with E-state index >= 15 is 0 Å². The van der Waals surface area contributed by atoms with Crippen LogP contribution in [0.25, 0.3) is 22.4 Å². The molecule has 2 aromatic carbocycles. The van der Waals surface area contributed by atoms with Gasteiger partial charge in [0.1, 0.15) is 17.7 Å². The summed E-state index contributed by atoms with van der Waals surface area (Å²) in [6.45, 7) is 8.06. The van der Waals surface area contributed by atoms with Crippen LogP contribution in [0.3, 0.4) is 0 Å². The van der Waals surface area contributed by atoms with Crippen molar-refractivity contribution in [3.63, 3.8) is 0 Å². The van der Waals surface area contributed by atoms with E-state index in [1.54, 1.807) is 17.3 Å². The van der Waals surface area contributed by atoms with Crippen LogP contribution < -0.4 is 20.9 Å². The van der Waals surface area contributed by atoms with Gasteiger partial charge in [0.05, 0.1) is 30.6 Å². The Morgan fingerprint density at radius 1 is 0.875 bits per heavy atom. The maximum atomic E-state index is 13.5. The van der Waals surface area contributed by atoms with Gasteiger partial charge in [-0.3, -0.25) is 9.59 Å². The number of amides is 3. The number of rotatable bonds is 9. The molecule has 2 aliphatic heterocycles. The van der Waals surface area contributed by atoms with Gasteiger partial charge in [-0.2, -0.15) is 0 Å². The predicted molar refractivity (Wildman–Crippen MR) is 185 cm³/mol. The number of alkyl carbamates (subject to hydrolysis) is 1. The summed E-state index contributed by atoms with van der Waals surface area (Å²) in [4.78, 5) is 54.8. The van der Waals surface area contributed by atoms with Crippen molar-refractivity contribution in [3.8, 4) is 22.4 Å². The second kappa shape index (κ2) is 14.7. The number of benzene rings is 2. The molecule has 0 unspecified atom stereocenters. The van der Waals surface area contributed by atoms with Gasteiger partial charge in [-0.05, 0) is 59.7 Å². The van der Waals surface area contributed by atoms with Gasteiger partial charge in [0.25, 0.3) is 5.91 Å². The summed E-state index contributed by atoms with van der Waals surface area (Å²) in [5.74, 6) is 1.18. The number of piperazine rings is 1. The van der Waals surface area contributed by atoms with Crippen molar-refractivity contribution in [1.29, 1.82) is 0 Å². The molecule has 2 aliphatic rings. The van der Waals surface area contributed by atoms with Crippen LogP contribution in [0.1, 0.15) is 48.9 Å². The molecule has 0 radical (unpaired) electrons. The molecule has 6 rings (SSSR count). The SMILES string of the molecule is COC(=O)N[C@H](C(=O)N1CCC[C@H]1c1ncc(-c2ccc(-c3ccc(NC(=O)c4ccc(N5CCNCC5)nc4)cc3)cc2)[nH]1)C(C)C. The van der Waals surface area contributed by atoms with Crippen molar-refractivity contribution in [2.75, 3.05) is 50.1 Å². The van der Waals surface area contributed by atoms with E-state index in [2.05, 4.69) is 35.8 Å². The highest BCUT2D eigenvalue weighted by atomic mass is 16.5. The molecular formula is C36H42N8O4. The largest absolute Gasteiger partial charge is 0.453 e. The molecule has 2 atom stereocenters. The van der Waals surface area contributed by atoms with Crippen molar-refractivity contribution in [2.24, 2.45) is 5.92 Å². The van der Waals surface area contributed by atoms with Crippen LogP contribution in [-0.4, -0.2) is 83.6 Å². The molecule has 0 saturated carbocycles. The number of carbonyl (C=O) groups is 3. The van der Waals surface area contributed by atoms with Crippen LogP contribution in [0, 0.1) is 5.92 Å². The number of carbonyl (C=O) groups excluding carboxylic acids is 3. The van der Waals surface area contributed by atoms with E-state index in [4.69, 9.17) is 4.74 Å². The molecule has 2 aromatic heterocycles. The molecule has 48 heavy (non-hydrogen) atoms. The second-order valence-corrected chi connectivity index (χ2v) is 12.5. The lowest BCUT2D eigenvalue weighted by Gasteiger charge is -2.30. The molecule has 4 aromatic rings. The average molecular weight is 651 g/mol. The van der Waals surface area contributed by atoms with Crippen LogP contribution >= 0.6 is 0 Å². The zero-order chi connectivity index (χ0) is 33.6. The molecule has 4 heterocycles. The van der Waals surface area contributed by atoms with Gasteiger partial charge >= 0.3 is 6.09 Å². The first-order chi connectivity index (χ1) is 23.3. The summed E-state index contributed by atoms with van der Waals surface area (Å²) >= 11 is 0. The van der Waals surface area contributed by atoms with Crippen molar-refractivity contribution >= 4 is 29.4 Å². The monoisotopic (exact) mass is 650 g/mol. The fourth-order valence-electron chi connectivity index (χ4n) is 6.24. The summed E-state index contributed by atoms with van der Waals surface area (Å²) < 4.78 is 4.74. The van der Waals surface area contributed by atoms with E-state index in [0.29, 0.717) is 17.8 Å². The highest BCUT2D eigenvalue weighted by molar-refractivity contribution is 6.04. The Morgan fingerprint density at radius 2 is 1.56 bits per heavy atom. The maximum Gasteiger partial charge on any atom is 0.407 e. The number of aromatic nitrogens is 3. The van der Waals surface area contributed by atoms with E-state index in [1.807, 2.05) is 74.5 Å². The van der Waals surface area contributed by atoms with Gasteiger partial charge in [-0.15, -0.1) is 0 Å². The third kappa shape index (κ3) is 7.33. The first kappa shape index (κ1) is 32.7. The van der Waals surface area contributed by atoms with Crippen molar-refractivity contribution in [2.45, 2.75) is 38.8 Å². The van der Waals surface area contributed by atoms with Gasteiger partial charge in [-0.1, -0.05) is 50.2 Å². The van der Waals surface area contributed by atoms with Gasteiger partial charge in [0, 0.05) is 44.6 Å². The van der Waals surface area contributed by atoms with E-state index in [-0.39, 0.29) is 23.8 Å². The summed E-state index contributed by atoms with van der Waals surface area (Å²) in [6, 6.07) is 18.8. The number of anilines is 2. The Hall–Kier alpha value is -5.23. The van der Waals surface area contributed by atoms with Crippen molar-refractivity contribution in [1.82, 2.24) is 30.5 Å². The Bertz CT molecular complexity index is 1710. The zero-order valence-electron chi connectivity index (χ0n) is 27.5. The Balaban J connectivity index is 1.07. The van der Waals surface area contributed by atoms with E-state index < -0.39 is 12.1 Å². The summed E-state index contributed by atoms with van der Waals surface area (Å²) in [7, 11) is 1.29. The van der Waals surface area contributed by atoms with Crippen LogP contribution in [0.2, 0.25) is 0 Å². The number of hydrogen-bond donors (Lipinski definition) is 4. The molecule has 4 N–H and O–H groups in total. The smallest absolute Gasteiger partial charge is 0.407 e. The normalized spacial score (nSPS) is 16.9. The van der Waals surface area contributed by atoms with Gasteiger partial charge in [-0.25, -0.2) is 14.8 Å². The number of likely N-dealkylation sites (tertiary alicyclic amines) is 1. The van der Waals surface area contributed by atoms with E-state index in [0.717, 1.165) is 73.0 Å². The first-order valence-corrected chi connectivity index (χ1v) is 16.4. The van der Waals surface area contributed by atoms with Crippen LogP contribution in [0.15, 0.2) is 73.1 Å². The lowest BCUT2D eigenvalue weighted by Crippen LogP contribution is -2.51. The molecule has 0 spiro atoms. The Kier molecular flexibility index (Phi) is 10.0. The minimum Gasteiger partial charge on any atom is -0.453 e. The van der Waals surface area contributed by atoms with Crippen LogP contribution in [-0.2, 0) is 9.53 Å². The average Bonchev–Trinajstić information content (AvgIpc) is 3.82. The van der Waals surface area contributed by atoms with Gasteiger partial charge in [0.2, 0.25) is 5.91 Å². The molecule has 2 saturated heterocycles. The number of H-pyrrole nitrogens is 1. The number of nitrogens with one attached hydrogen (secondary N) is 4. The minimum atomic E-state index is -0.678. The minimum absolute atomic E-state index is 0.0957. The fourth-order valence-corrected chi connectivity index (χ4v) is 6.24. The highest BCUT2D eigenvalue weighted by Gasteiger charge is 2.37. The first-order valence-electron chi connectivity index (χ1n) is 16.4. The Morgan fingerprint density at radius 3 is 2.21 bits per heavy atom. The Labute approximate surface area is 280 Å². The van der Waals surface area contributed by atoms with Gasteiger partial charge < -0.3 is 35.5 Å². The summed E-state index contributed by atoms with van der Waals surface area (Å²) in [6.07, 6.45) is 4.45. The molecule has 3 amide bonds. The van der Waals surface area contributed by atoms with Gasteiger partial charge in [0.15, 0.2) is 0 Å². The van der Waals surface area contributed by atoms with Crippen molar-refractivity contribution in [3.05, 3.63) is 84.4 Å². The number of hydrogen-bond acceptors (Lipinski definition) is 8. The lowest BCUT2D eigenvalue weighted by atomic mass is 10.0. The molecule has 0 aliphatic carbocycles. The number of ether oxygens (including phenoxy) is 1. The number of pyridine rings is 1. The number of aromatic amines is 1. The van der Waals surface area contributed by atoms with Crippen molar-refractivity contribution < 1.29 is 19.1 Å². The molecule has 250 valence electrons. The molecule has 12 heteroatoms. The number of imidazole rings is 1. The van der Waals surface area contributed by atoms with Crippen LogP contribution in [0.5, 0.6) is 0 Å². The fraction of sp³-hybridized carbons (Fsp3) is 0.361. The number of methoxy groups -OCH3 is 1. The molecule has 2 fully saturated rings. The molecule has 12 nitrogen and oxygen atoms in total. The maximum absolute atomic E-state index is 13.5. The molecule has 0 bridgehead atoms. The van der Waals surface area contributed by atoms with Crippen LogP contribution in [0.4, 0.5) is 16.3 Å². The lowest BCUT2D eigenvalue weighted by molar-refractivity contribution is -0.135. The van der Waals surface area contributed by atoms with E-state index in [1.165, 1.54) is 7.11 Å². The standard InChI is InChI=1S/C36H42N8O4/c1-23(2)32(42-36(47)48-3)35(46)44-18-4-5-30(44)33-39-22-29(41-33)26-8-6-24(7-9-26)25-10-13-28(14-11-25)40-34(45)27-12-15-31(38-21-27)43-19-16-37-17-20-43/h6-15,21-23,30,32,37H,4-5,16-20H2,1-3H3,(H,39,41)(H,40,45)(H,42,47)/t30-,32-/m0/s1. The topological polar surface area (TPSA) is 145 Å². The third-order valence-electron chi connectivity index (χ3n) is 8.96. The zero-order valence-corrected chi connectivity index (χ0v) is 27.5.